The van der Waals surface area contributed by atoms with E-state index in [9.17, 15) is 14.0 Å². The van der Waals surface area contributed by atoms with Gasteiger partial charge in [-0.1, -0.05) is 43.3 Å². The highest BCUT2D eigenvalue weighted by molar-refractivity contribution is 7.99. The molecule has 0 bridgehead atoms. The molecule has 1 N–H and O–H groups in total. The number of aromatic nitrogens is 2. The molecule has 0 radical (unpaired) electrons. The first kappa shape index (κ1) is 22.8. The predicted molar refractivity (Wildman–Crippen MR) is 137 cm³/mol. The fourth-order valence-electron chi connectivity index (χ4n) is 4.39. The second-order valence-corrected chi connectivity index (χ2v) is 10.4. The van der Waals surface area contributed by atoms with E-state index in [4.69, 9.17) is 4.98 Å². The number of rotatable bonds is 6. The summed E-state index contributed by atoms with van der Waals surface area (Å²) in [6.07, 6.45) is 4.14. The summed E-state index contributed by atoms with van der Waals surface area (Å²) in [5.41, 5.74) is 2.32. The van der Waals surface area contributed by atoms with Crippen molar-refractivity contribution < 1.29 is 9.18 Å². The Morgan fingerprint density at radius 2 is 1.97 bits per heavy atom. The summed E-state index contributed by atoms with van der Waals surface area (Å²) < 4.78 is 14.8. The summed E-state index contributed by atoms with van der Waals surface area (Å²) in [5, 5.41) is 3.97. The second-order valence-electron chi connectivity index (χ2n) is 8.42. The van der Waals surface area contributed by atoms with Crippen LogP contribution in [0.2, 0.25) is 0 Å². The van der Waals surface area contributed by atoms with Crippen LogP contribution in [0.4, 0.5) is 10.1 Å². The van der Waals surface area contributed by atoms with Crippen molar-refractivity contribution in [2.45, 2.75) is 37.8 Å². The molecule has 1 atom stereocenters. The van der Waals surface area contributed by atoms with Gasteiger partial charge in [0.2, 0.25) is 5.91 Å². The van der Waals surface area contributed by atoms with Crippen LogP contribution in [0.5, 0.6) is 0 Å². The van der Waals surface area contributed by atoms with Gasteiger partial charge in [-0.3, -0.25) is 14.2 Å². The third-order valence-electron chi connectivity index (χ3n) is 6.21. The minimum Gasteiger partial charge on any atom is -0.325 e. The lowest BCUT2D eigenvalue weighted by atomic mass is 9.86. The number of amides is 1. The molecule has 0 unspecified atom stereocenters. The predicted octanol–water partition coefficient (Wildman–Crippen LogP) is 5.83. The van der Waals surface area contributed by atoms with Gasteiger partial charge in [0.05, 0.1) is 16.8 Å². The van der Waals surface area contributed by atoms with E-state index in [2.05, 4.69) is 12.2 Å². The summed E-state index contributed by atoms with van der Waals surface area (Å²) in [7, 11) is 0. The van der Waals surface area contributed by atoms with E-state index in [1.54, 1.807) is 15.9 Å². The number of nitrogens with one attached hydrogen (secondary N) is 1. The Morgan fingerprint density at radius 1 is 1.21 bits per heavy atom. The molecule has 8 heteroatoms. The smallest absolute Gasteiger partial charge is 0.267 e. The molecular formula is C26H24FN3O2S2. The molecule has 0 saturated heterocycles. The zero-order chi connectivity index (χ0) is 23.7. The normalized spacial score (nSPS) is 15.3. The van der Waals surface area contributed by atoms with Gasteiger partial charge in [0.1, 0.15) is 10.6 Å². The molecule has 2 aromatic heterocycles. The molecule has 4 aromatic rings. The van der Waals surface area contributed by atoms with Crippen molar-refractivity contribution in [2.24, 2.45) is 5.92 Å². The van der Waals surface area contributed by atoms with Gasteiger partial charge in [0.15, 0.2) is 5.16 Å². The lowest BCUT2D eigenvalue weighted by Gasteiger charge is -2.20. The zero-order valence-electron chi connectivity index (χ0n) is 18.7. The van der Waals surface area contributed by atoms with Crippen LogP contribution in [0.15, 0.2) is 64.5 Å². The SMILES string of the molecule is CC[C@@H]1CCc2c(sc3nc(SCC(=O)Nc4ccc(F)cc4)n(-c4ccccc4)c(=O)c23)C1. The number of para-hydroxylation sites is 1. The Labute approximate surface area is 205 Å². The second kappa shape index (κ2) is 9.72. The Kier molecular flexibility index (Phi) is 6.52. The summed E-state index contributed by atoms with van der Waals surface area (Å²) in [4.78, 5) is 33.2. The largest absolute Gasteiger partial charge is 0.325 e. The molecule has 1 aliphatic carbocycles. The summed E-state index contributed by atoms with van der Waals surface area (Å²) in [5.74, 6) is 0.119. The maximum atomic E-state index is 13.8. The molecule has 0 saturated carbocycles. The van der Waals surface area contributed by atoms with Crippen molar-refractivity contribution >= 4 is 44.9 Å². The van der Waals surface area contributed by atoms with Crippen LogP contribution in [0.1, 0.15) is 30.2 Å². The molecule has 1 aliphatic rings. The molecule has 34 heavy (non-hydrogen) atoms. The maximum Gasteiger partial charge on any atom is 0.267 e. The molecule has 0 spiro atoms. The number of anilines is 1. The Hall–Kier alpha value is -2.97. The number of nitrogens with zero attached hydrogens (tertiary/aromatic N) is 2. The van der Waals surface area contributed by atoms with Gasteiger partial charge in [-0.25, -0.2) is 9.37 Å². The molecule has 5 nitrogen and oxygen atoms in total. The highest BCUT2D eigenvalue weighted by atomic mass is 32.2. The van der Waals surface area contributed by atoms with E-state index >= 15 is 0 Å². The van der Waals surface area contributed by atoms with Crippen LogP contribution >= 0.6 is 23.1 Å². The highest BCUT2D eigenvalue weighted by Crippen LogP contribution is 2.37. The molecule has 5 rings (SSSR count). The van der Waals surface area contributed by atoms with Crippen LogP contribution in [0.25, 0.3) is 15.9 Å². The van der Waals surface area contributed by atoms with Crippen molar-refractivity contribution in [3.05, 3.63) is 81.2 Å². The molecule has 0 aliphatic heterocycles. The quantitative estimate of drug-likeness (QED) is 0.271. The van der Waals surface area contributed by atoms with E-state index in [1.807, 2.05) is 30.3 Å². The standard InChI is InChI=1S/C26H24FN3O2S2/c1-2-16-8-13-20-21(14-16)34-24-23(20)25(32)30(19-6-4-3-5-7-19)26(29-24)33-15-22(31)28-18-11-9-17(27)10-12-18/h3-7,9-12,16H,2,8,13-15H2,1H3,(H,28,31)/t16-/m1/s1. The van der Waals surface area contributed by atoms with Crippen molar-refractivity contribution in [3.63, 3.8) is 0 Å². The number of fused-ring (bicyclic) bond motifs is 3. The van der Waals surface area contributed by atoms with E-state index < -0.39 is 0 Å². The van der Waals surface area contributed by atoms with Gasteiger partial charge in [-0.2, -0.15) is 0 Å². The van der Waals surface area contributed by atoms with Gasteiger partial charge in [-0.15, -0.1) is 11.3 Å². The van der Waals surface area contributed by atoms with Gasteiger partial charge in [-0.05, 0) is 67.1 Å². The van der Waals surface area contributed by atoms with Crippen molar-refractivity contribution in [2.75, 3.05) is 11.1 Å². The molecule has 1 amide bonds. The van der Waals surface area contributed by atoms with Crippen LogP contribution in [0.3, 0.4) is 0 Å². The van der Waals surface area contributed by atoms with Crippen molar-refractivity contribution in [3.8, 4) is 5.69 Å². The van der Waals surface area contributed by atoms with E-state index in [0.29, 0.717) is 16.8 Å². The number of aryl methyl sites for hydroxylation is 1. The monoisotopic (exact) mass is 493 g/mol. The van der Waals surface area contributed by atoms with Crippen LogP contribution in [-0.4, -0.2) is 21.2 Å². The Bertz CT molecular complexity index is 1400. The molecular weight excluding hydrogens is 469 g/mol. The van der Waals surface area contributed by atoms with Crippen LogP contribution < -0.4 is 10.9 Å². The minimum absolute atomic E-state index is 0.0746. The molecule has 174 valence electrons. The summed E-state index contributed by atoms with van der Waals surface area (Å²) in [6, 6.07) is 15.1. The van der Waals surface area contributed by atoms with Gasteiger partial charge >= 0.3 is 0 Å². The average Bonchev–Trinajstić information content (AvgIpc) is 3.22. The third-order valence-corrected chi connectivity index (χ3v) is 8.29. The van der Waals surface area contributed by atoms with E-state index in [-0.39, 0.29) is 23.0 Å². The van der Waals surface area contributed by atoms with E-state index in [1.165, 1.54) is 40.9 Å². The average molecular weight is 494 g/mol. The van der Waals surface area contributed by atoms with Crippen molar-refractivity contribution in [1.29, 1.82) is 0 Å². The maximum absolute atomic E-state index is 13.8. The number of hydrogen-bond donors (Lipinski definition) is 1. The number of hydrogen-bond acceptors (Lipinski definition) is 5. The van der Waals surface area contributed by atoms with Crippen LogP contribution in [-0.2, 0) is 17.6 Å². The van der Waals surface area contributed by atoms with Gasteiger partial charge < -0.3 is 5.32 Å². The van der Waals surface area contributed by atoms with Gasteiger partial charge in [0.25, 0.3) is 5.56 Å². The number of carbonyl (C=O) groups is 1. The topological polar surface area (TPSA) is 64.0 Å². The summed E-state index contributed by atoms with van der Waals surface area (Å²) in [6.45, 7) is 2.22. The Balaban J connectivity index is 1.50. The first-order valence-electron chi connectivity index (χ1n) is 11.3. The van der Waals surface area contributed by atoms with Crippen LogP contribution in [0, 0.1) is 11.7 Å². The number of thioether (sulfide) groups is 1. The third kappa shape index (κ3) is 4.52. The zero-order valence-corrected chi connectivity index (χ0v) is 20.3. The number of benzene rings is 2. The van der Waals surface area contributed by atoms with E-state index in [0.717, 1.165) is 47.2 Å². The minimum atomic E-state index is -0.361. The van der Waals surface area contributed by atoms with Crippen molar-refractivity contribution in [1.82, 2.24) is 9.55 Å². The van der Waals surface area contributed by atoms with Gasteiger partial charge in [0, 0.05) is 10.6 Å². The summed E-state index contributed by atoms with van der Waals surface area (Å²) >= 11 is 2.84. The number of carbonyl (C=O) groups excluding carboxylic acids is 1. The first-order chi connectivity index (χ1) is 16.5. The fraction of sp³-hybridized carbons (Fsp3) is 0.269. The molecule has 2 aromatic carbocycles. The highest BCUT2D eigenvalue weighted by Gasteiger charge is 2.26. The molecule has 2 heterocycles. The molecule has 0 fully saturated rings. The lowest BCUT2D eigenvalue weighted by Crippen LogP contribution is -2.23. The lowest BCUT2D eigenvalue weighted by molar-refractivity contribution is -0.113. The first-order valence-corrected chi connectivity index (χ1v) is 13.1. The number of halogens is 1. The number of thiophene rings is 1. The fourth-order valence-corrected chi connectivity index (χ4v) is 6.57. The Morgan fingerprint density at radius 3 is 2.71 bits per heavy atom.